The Kier molecular flexibility index (Phi) is 12.1. The molecule has 6 unspecified atom stereocenters. The summed E-state index contributed by atoms with van der Waals surface area (Å²) in [5.41, 5.74) is 0. The molecule has 0 amide bonds. The minimum Gasteiger partial charge on any atom is -0.394 e. The van der Waals surface area contributed by atoms with Crippen molar-refractivity contribution >= 4 is 0 Å². The summed E-state index contributed by atoms with van der Waals surface area (Å²) in [6.45, 7) is 2.39. The second kappa shape index (κ2) is 14.0. The molecule has 0 aromatic heterocycles. The van der Waals surface area contributed by atoms with E-state index < -0.39 is 74.6 Å². The Morgan fingerprint density at radius 2 is 1.19 bits per heavy atom. The molecule has 13 heteroatoms. The SMILES string of the molecule is CCCOCCOCCO[C@H]1OC(CO)[C@@H](O[C@@H]2OC(CO)[C@H](O)C(O)C2O)C(O)C1O. The summed E-state index contributed by atoms with van der Waals surface area (Å²) in [5, 5.41) is 69.6. The van der Waals surface area contributed by atoms with Gasteiger partial charge in [-0.3, -0.25) is 0 Å². The van der Waals surface area contributed by atoms with Gasteiger partial charge in [0.25, 0.3) is 0 Å². The molecule has 0 radical (unpaired) electrons. The molecule has 2 aliphatic heterocycles. The first-order chi connectivity index (χ1) is 15.3. The normalized spacial score (nSPS) is 40.5. The van der Waals surface area contributed by atoms with Crippen LogP contribution in [0.25, 0.3) is 0 Å². The first-order valence-electron chi connectivity index (χ1n) is 10.7. The Morgan fingerprint density at radius 3 is 1.81 bits per heavy atom. The zero-order valence-corrected chi connectivity index (χ0v) is 18.0. The molecular weight excluding hydrogens is 436 g/mol. The first-order valence-corrected chi connectivity index (χ1v) is 10.7. The summed E-state index contributed by atoms with van der Waals surface area (Å²) in [4.78, 5) is 0. The Balaban J connectivity index is 1.86. The minimum atomic E-state index is -1.72. The third-order valence-electron chi connectivity index (χ3n) is 5.19. The lowest BCUT2D eigenvalue weighted by Crippen LogP contribution is -2.64. The van der Waals surface area contributed by atoms with Crippen LogP contribution in [0.1, 0.15) is 13.3 Å². The minimum absolute atomic E-state index is 0.0403. The topological polar surface area (TPSA) is 197 Å². The molecule has 0 spiro atoms. The summed E-state index contributed by atoms with van der Waals surface area (Å²) in [6, 6.07) is 0. The summed E-state index contributed by atoms with van der Waals surface area (Å²) in [5.74, 6) is 0. The van der Waals surface area contributed by atoms with Crippen LogP contribution in [-0.2, 0) is 28.4 Å². The number of rotatable bonds is 13. The second-order valence-corrected chi connectivity index (χ2v) is 7.60. The van der Waals surface area contributed by atoms with Crippen LogP contribution in [0.2, 0.25) is 0 Å². The van der Waals surface area contributed by atoms with E-state index in [1.54, 1.807) is 0 Å². The maximum Gasteiger partial charge on any atom is 0.187 e. The third-order valence-corrected chi connectivity index (χ3v) is 5.19. The van der Waals surface area contributed by atoms with Crippen LogP contribution in [0, 0.1) is 0 Å². The van der Waals surface area contributed by atoms with Gasteiger partial charge in [0.2, 0.25) is 0 Å². The number of ether oxygens (including phenoxy) is 6. The highest BCUT2D eigenvalue weighted by Gasteiger charge is 2.50. The van der Waals surface area contributed by atoms with E-state index in [4.69, 9.17) is 28.4 Å². The van der Waals surface area contributed by atoms with Gasteiger partial charge in [-0.2, -0.15) is 0 Å². The second-order valence-electron chi connectivity index (χ2n) is 7.60. The number of hydrogen-bond donors (Lipinski definition) is 7. The highest BCUT2D eigenvalue weighted by atomic mass is 16.7. The van der Waals surface area contributed by atoms with E-state index in [-0.39, 0.29) is 13.2 Å². The van der Waals surface area contributed by atoms with Crippen molar-refractivity contribution in [2.45, 2.75) is 74.8 Å². The van der Waals surface area contributed by atoms with Gasteiger partial charge in [-0.1, -0.05) is 6.92 Å². The number of hydrogen-bond acceptors (Lipinski definition) is 13. The average Bonchev–Trinajstić information content (AvgIpc) is 2.79. The predicted molar refractivity (Wildman–Crippen MR) is 104 cm³/mol. The van der Waals surface area contributed by atoms with Crippen molar-refractivity contribution in [3.8, 4) is 0 Å². The fourth-order valence-electron chi connectivity index (χ4n) is 3.38. The first kappa shape index (κ1) is 27.7. The van der Waals surface area contributed by atoms with Crippen molar-refractivity contribution in [2.75, 3.05) is 46.2 Å². The molecule has 190 valence electrons. The molecule has 2 heterocycles. The smallest absolute Gasteiger partial charge is 0.187 e. The lowest BCUT2D eigenvalue weighted by atomic mass is 9.97. The largest absolute Gasteiger partial charge is 0.394 e. The van der Waals surface area contributed by atoms with Crippen molar-refractivity contribution in [1.82, 2.24) is 0 Å². The highest BCUT2D eigenvalue weighted by Crippen LogP contribution is 2.29. The fraction of sp³-hybridized carbons (Fsp3) is 1.00. The lowest BCUT2D eigenvalue weighted by molar-refractivity contribution is -0.359. The molecule has 10 atom stereocenters. The van der Waals surface area contributed by atoms with Crippen molar-refractivity contribution in [3.63, 3.8) is 0 Å². The van der Waals surface area contributed by atoms with Gasteiger partial charge in [-0.05, 0) is 6.42 Å². The van der Waals surface area contributed by atoms with Crippen LogP contribution in [0.15, 0.2) is 0 Å². The molecule has 0 aromatic rings. The molecule has 0 aliphatic carbocycles. The number of aliphatic hydroxyl groups excluding tert-OH is 7. The van der Waals surface area contributed by atoms with Gasteiger partial charge in [0, 0.05) is 6.61 Å². The summed E-state index contributed by atoms with van der Waals surface area (Å²) in [7, 11) is 0. The van der Waals surface area contributed by atoms with Gasteiger partial charge in [-0.15, -0.1) is 0 Å². The van der Waals surface area contributed by atoms with Crippen LogP contribution in [0.4, 0.5) is 0 Å². The fourth-order valence-corrected chi connectivity index (χ4v) is 3.38. The molecule has 2 rings (SSSR count). The van der Waals surface area contributed by atoms with Crippen LogP contribution in [0.3, 0.4) is 0 Å². The lowest BCUT2D eigenvalue weighted by Gasteiger charge is -2.45. The van der Waals surface area contributed by atoms with E-state index in [1.807, 2.05) is 6.92 Å². The molecule has 2 aliphatic rings. The molecule has 2 saturated heterocycles. The molecule has 0 bridgehead atoms. The maximum atomic E-state index is 10.5. The standard InChI is InChI=1S/C19H36O13/c1-2-3-27-4-5-28-6-7-29-18-16(26)14(24)17(11(9-21)31-18)32-19-15(25)13(23)12(22)10(8-20)30-19/h10-26H,2-9H2,1H3/t10?,11?,12-,13?,14?,15?,16?,17+,18-,19-/m0/s1. The monoisotopic (exact) mass is 472 g/mol. The Morgan fingerprint density at radius 1 is 0.625 bits per heavy atom. The molecule has 0 aromatic carbocycles. The van der Waals surface area contributed by atoms with Crippen molar-refractivity contribution in [3.05, 3.63) is 0 Å². The van der Waals surface area contributed by atoms with Crippen molar-refractivity contribution in [2.24, 2.45) is 0 Å². The van der Waals surface area contributed by atoms with Gasteiger partial charge in [-0.25, -0.2) is 0 Å². The molecule has 13 nitrogen and oxygen atoms in total. The summed E-state index contributed by atoms with van der Waals surface area (Å²) >= 11 is 0. The molecular formula is C19H36O13. The zero-order chi connectivity index (χ0) is 23.7. The van der Waals surface area contributed by atoms with Gasteiger partial charge in [0.15, 0.2) is 12.6 Å². The van der Waals surface area contributed by atoms with Gasteiger partial charge >= 0.3 is 0 Å². The van der Waals surface area contributed by atoms with Gasteiger partial charge in [0.1, 0.15) is 48.8 Å². The van der Waals surface area contributed by atoms with Crippen LogP contribution in [-0.4, -0.2) is 143 Å². The molecule has 7 N–H and O–H groups in total. The number of aliphatic hydroxyl groups is 7. The Bertz CT molecular complexity index is 508. The summed E-state index contributed by atoms with van der Waals surface area (Å²) < 4.78 is 32.2. The van der Waals surface area contributed by atoms with E-state index in [2.05, 4.69) is 0 Å². The molecule has 2 fully saturated rings. The maximum absolute atomic E-state index is 10.5. The zero-order valence-electron chi connectivity index (χ0n) is 18.0. The van der Waals surface area contributed by atoms with E-state index in [1.165, 1.54) is 0 Å². The predicted octanol–water partition coefficient (Wildman–Crippen LogP) is -3.93. The molecule has 0 saturated carbocycles. The van der Waals surface area contributed by atoms with E-state index in [9.17, 15) is 35.7 Å². The van der Waals surface area contributed by atoms with Crippen molar-refractivity contribution in [1.29, 1.82) is 0 Å². The third kappa shape index (κ3) is 7.24. The van der Waals surface area contributed by atoms with Gasteiger partial charge < -0.3 is 64.2 Å². The Hall–Kier alpha value is -0.520. The van der Waals surface area contributed by atoms with Gasteiger partial charge in [0.05, 0.1) is 39.6 Å². The van der Waals surface area contributed by atoms with E-state index in [0.717, 1.165) is 6.42 Å². The highest BCUT2D eigenvalue weighted by molar-refractivity contribution is 4.94. The van der Waals surface area contributed by atoms with E-state index in [0.29, 0.717) is 19.8 Å². The van der Waals surface area contributed by atoms with Crippen LogP contribution >= 0.6 is 0 Å². The quantitative estimate of drug-likeness (QED) is 0.128. The average molecular weight is 472 g/mol. The van der Waals surface area contributed by atoms with Crippen LogP contribution in [0.5, 0.6) is 0 Å². The van der Waals surface area contributed by atoms with Crippen molar-refractivity contribution < 1.29 is 64.2 Å². The molecule has 32 heavy (non-hydrogen) atoms. The van der Waals surface area contributed by atoms with Crippen LogP contribution < -0.4 is 0 Å². The van der Waals surface area contributed by atoms with E-state index >= 15 is 0 Å². The Labute approximate surface area is 186 Å². The summed E-state index contributed by atoms with van der Waals surface area (Å²) in [6.07, 6.45) is -13.9.